The molecule has 1 aromatic rings. The molecule has 1 aliphatic rings. The van der Waals surface area contributed by atoms with Gasteiger partial charge in [0.25, 0.3) is 0 Å². The first-order valence-electron chi connectivity index (χ1n) is 7.33. The standard InChI is InChI=1S/C14H21ClN4O3/c1-3-22-12(20)10-18-5-4-6-19(8-7-18)13-11(15)9-16-14(17-13)21-2/h9H,3-8,10H2,1-2H3. The molecule has 122 valence electrons. The van der Waals surface area contributed by atoms with E-state index in [1.807, 2.05) is 6.92 Å². The van der Waals surface area contributed by atoms with Crippen molar-refractivity contribution in [3.63, 3.8) is 0 Å². The van der Waals surface area contributed by atoms with Gasteiger partial charge < -0.3 is 14.4 Å². The van der Waals surface area contributed by atoms with Crippen LogP contribution >= 0.6 is 11.6 Å². The predicted octanol–water partition coefficient (Wildman–Crippen LogP) is 1.21. The van der Waals surface area contributed by atoms with E-state index in [2.05, 4.69) is 19.8 Å². The lowest BCUT2D eigenvalue weighted by molar-refractivity contribution is -0.144. The van der Waals surface area contributed by atoms with Crippen LogP contribution in [0.1, 0.15) is 13.3 Å². The first-order valence-corrected chi connectivity index (χ1v) is 7.71. The Labute approximate surface area is 135 Å². The van der Waals surface area contributed by atoms with Crippen LogP contribution in [0.15, 0.2) is 6.20 Å². The minimum atomic E-state index is -0.183. The first-order chi connectivity index (χ1) is 10.6. The average molecular weight is 329 g/mol. The van der Waals surface area contributed by atoms with Gasteiger partial charge in [0, 0.05) is 26.2 Å². The van der Waals surface area contributed by atoms with Crippen molar-refractivity contribution in [2.45, 2.75) is 13.3 Å². The summed E-state index contributed by atoms with van der Waals surface area (Å²) in [5.74, 6) is 0.490. The van der Waals surface area contributed by atoms with Crippen molar-refractivity contribution in [1.82, 2.24) is 14.9 Å². The highest BCUT2D eigenvalue weighted by molar-refractivity contribution is 6.32. The molecule has 2 rings (SSSR count). The Hall–Kier alpha value is -1.60. The highest BCUT2D eigenvalue weighted by atomic mass is 35.5. The Bertz CT molecular complexity index is 515. The molecule has 0 bridgehead atoms. The van der Waals surface area contributed by atoms with Crippen molar-refractivity contribution in [2.24, 2.45) is 0 Å². The highest BCUT2D eigenvalue weighted by Gasteiger charge is 2.20. The molecular formula is C14H21ClN4O3. The van der Waals surface area contributed by atoms with E-state index in [4.69, 9.17) is 21.1 Å². The first kappa shape index (κ1) is 16.8. The summed E-state index contributed by atoms with van der Waals surface area (Å²) in [6.07, 6.45) is 2.46. The Morgan fingerprint density at radius 1 is 1.36 bits per heavy atom. The molecule has 1 aromatic heterocycles. The SMILES string of the molecule is CCOC(=O)CN1CCCN(c2nc(OC)ncc2Cl)CC1. The monoisotopic (exact) mass is 328 g/mol. The fourth-order valence-electron chi connectivity index (χ4n) is 2.39. The molecule has 7 nitrogen and oxygen atoms in total. The number of carbonyl (C=O) groups is 1. The third-order valence-corrected chi connectivity index (χ3v) is 3.70. The molecule has 0 saturated carbocycles. The number of aromatic nitrogens is 2. The zero-order valence-corrected chi connectivity index (χ0v) is 13.7. The second-order valence-corrected chi connectivity index (χ2v) is 5.36. The van der Waals surface area contributed by atoms with Crippen LogP contribution in [0, 0.1) is 0 Å². The van der Waals surface area contributed by atoms with Crippen molar-refractivity contribution in [2.75, 3.05) is 51.3 Å². The summed E-state index contributed by atoms with van der Waals surface area (Å²) in [5.41, 5.74) is 0. The summed E-state index contributed by atoms with van der Waals surface area (Å²) in [4.78, 5) is 24.1. The molecule has 2 heterocycles. The number of anilines is 1. The van der Waals surface area contributed by atoms with E-state index in [0.717, 1.165) is 32.6 Å². The lowest BCUT2D eigenvalue weighted by atomic mass is 10.3. The quantitative estimate of drug-likeness (QED) is 0.753. The molecule has 0 aromatic carbocycles. The number of rotatable bonds is 5. The van der Waals surface area contributed by atoms with Gasteiger partial charge >= 0.3 is 12.0 Å². The fraction of sp³-hybridized carbons (Fsp3) is 0.643. The fourth-order valence-corrected chi connectivity index (χ4v) is 2.60. The van der Waals surface area contributed by atoms with Crippen LogP contribution in [-0.4, -0.2) is 67.3 Å². The molecule has 0 atom stereocenters. The topological polar surface area (TPSA) is 67.8 Å². The van der Waals surface area contributed by atoms with Gasteiger partial charge in [0.15, 0.2) is 5.82 Å². The zero-order chi connectivity index (χ0) is 15.9. The Morgan fingerprint density at radius 3 is 2.91 bits per heavy atom. The number of hydrogen-bond donors (Lipinski definition) is 0. The maximum atomic E-state index is 11.6. The lowest BCUT2D eigenvalue weighted by Crippen LogP contribution is -2.35. The van der Waals surface area contributed by atoms with Crippen molar-refractivity contribution in [3.8, 4) is 6.01 Å². The maximum Gasteiger partial charge on any atom is 0.320 e. The summed E-state index contributed by atoms with van der Waals surface area (Å²) < 4.78 is 10.0. The molecule has 1 fully saturated rings. The van der Waals surface area contributed by atoms with Crippen LogP contribution in [0.3, 0.4) is 0 Å². The molecule has 0 aliphatic carbocycles. The van der Waals surface area contributed by atoms with Crippen LogP contribution in [-0.2, 0) is 9.53 Å². The van der Waals surface area contributed by atoms with Crippen LogP contribution in [0.2, 0.25) is 5.02 Å². The highest BCUT2D eigenvalue weighted by Crippen LogP contribution is 2.25. The van der Waals surface area contributed by atoms with E-state index in [1.165, 1.54) is 7.11 Å². The van der Waals surface area contributed by atoms with Gasteiger partial charge in [-0.3, -0.25) is 9.69 Å². The smallest absolute Gasteiger partial charge is 0.320 e. The molecule has 0 unspecified atom stereocenters. The molecule has 0 radical (unpaired) electrons. The van der Waals surface area contributed by atoms with Gasteiger partial charge in [0.1, 0.15) is 5.02 Å². The molecule has 1 aliphatic heterocycles. The van der Waals surface area contributed by atoms with Crippen molar-refractivity contribution < 1.29 is 14.3 Å². The second kappa shape index (κ2) is 8.14. The molecule has 0 amide bonds. The van der Waals surface area contributed by atoms with E-state index in [1.54, 1.807) is 6.20 Å². The van der Waals surface area contributed by atoms with Crippen LogP contribution in [0.4, 0.5) is 5.82 Å². The molecular weight excluding hydrogens is 308 g/mol. The summed E-state index contributed by atoms with van der Waals surface area (Å²) in [6.45, 7) is 5.69. The van der Waals surface area contributed by atoms with Gasteiger partial charge in [-0.25, -0.2) is 4.98 Å². The number of methoxy groups -OCH3 is 1. The second-order valence-electron chi connectivity index (χ2n) is 4.95. The lowest BCUT2D eigenvalue weighted by Gasteiger charge is -2.23. The van der Waals surface area contributed by atoms with E-state index in [-0.39, 0.29) is 5.97 Å². The number of carbonyl (C=O) groups excluding carboxylic acids is 1. The third-order valence-electron chi connectivity index (χ3n) is 3.43. The largest absolute Gasteiger partial charge is 0.467 e. The van der Waals surface area contributed by atoms with Gasteiger partial charge in [-0.05, 0) is 13.3 Å². The van der Waals surface area contributed by atoms with Crippen molar-refractivity contribution >= 4 is 23.4 Å². The predicted molar refractivity (Wildman–Crippen MR) is 83.5 cm³/mol. The summed E-state index contributed by atoms with van der Waals surface area (Å²) in [6, 6.07) is 0.298. The molecule has 22 heavy (non-hydrogen) atoms. The van der Waals surface area contributed by atoms with Gasteiger partial charge in [0.05, 0.1) is 26.5 Å². The van der Waals surface area contributed by atoms with Gasteiger partial charge in [0.2, 0.25) is 0 Å². The van der Waals surface area contributed by atoms with Crippen molar-refractivity contribution in [1.29, 1.82) is 0 Å². The summed E-state index contributed by atoms with van der Waals surface area (Å²) in [5, 5.41) is 0.500. The minimum absolute atomic E-state index is 0.183. The van der Waals surface area contributed by atoms with Gasteiger partial charge in [-0.15, -0.1) is 0 Å². The van der Waals surface area contributed by atoms with Crippen LogP contribution in [0.5, 0.6) is 6.01 Å². The Balaban J connectivity index is 1.99. The van der Waals surface area contributed by atoms with Crippen molar-refractivity contribution in [3.05, 3.63) is 11.2 Å². The maximum absolute atomic E-state index is 11.6. The van der Waals surface area contributed by atoms with Crippen LogP contribution < -0.4 is 9.64 Å². The number of nitrogens with zero attached hydrogens (tertiary/aromatic N) is 4. The molecule has 8 heteroatoms. The van der Waals surface area contributed by atoms with E-state index >= 15 is 0 Å². The molecule has 1 saturated heterocycles. The van der Waals surface area contributed by atoms with Crippen LogP contribution in [0.25, 0.3) is 0 Å². The molecule has 0 N–H and O–H groups in total. The minimum Gasteiger partial charge on any atom is -0.467 e. The number of ether oxygens (including phenoxy) is 2. The average Bonchev–Trinajstić information content (AvgIpc) is 2.73. The Kier molecular flexibility index (Phi) is 6.21. The molecule has 0 spiro atoms. The van der Waals surface area contributed by atoms with E-state index < -0.39 is 0 Å². The van der Waals surface area contributed by atoms with E-state index in [9.17, 15) is 4.79 Å². The summed E-state index contributed by atoms with van der Waals surface area (Å²) in [7, 11) is 1.52. The normalized spacial score (nSPS) is 16.2. The van der Waals surface area contributed by atoms with Gasteiger partial charge in [-0.2, -0.15) is 4.98 Å². The van der Waals surface area contributed by atoms with E-state index in [0.29, 0.717) is 30.0 Å². The zero-order valence-electron chi connectivity index (χ0n) is 12.9. The van der Waals surface area contributed by atoms with Gasteiger partial charge in [-0.1, -0.05) is 11.6 Å². The number of hydrogen-bond acceptors (Lipinski definition) is 7. The third kappa shape index (κ3) is 4.45. The number of halogens is 1. The number of esters is 1. The summed E-state index contributed by atoms with van der Waals surface area (Å²) >= 11 is 6.19. The Morgan fingerprint density at radius 2 is 2.18 bits per heavy atom.